The second-order valence-electron chi connectivity index (χ2n) is 5.46. The number of nitrogens with zero attached hydrogens (tertiary/aromatic N) is 1. The number of ether oxygens (including phenoxy) is 1. The molecule has 0 unspecified atom stereocenters. The van der Waals surface area contributed by atoms with Crippen LogP contribution in [0.4, 0.5) is 5.69 Å². The van der Waals surface area contributed by atoms with Crippen molar-refractivity contribution < 1.29 is 9.66 Å². The van der Waals surface area contributed by atoms with Crippen LogP contribution in [0.25, 0.3) is 6.08 Å². The second kappa shape index (κ2) is 7.41. The van der Waals surface area contributed by atoms with Crippen LogP contribution in [0.5, 0.6) is 11.5 Å². The highest BCUT2D eigenvalue weighted by Crippen LogP contribution is 2.25. The number of rotatable bonds is 6. The molecule has 2 aromatic rings. The number of benzene rings is 2. The monoisotopic (exact) mass is 297 g/mol. The largest absolute Gasteiger partial charge is 0.457 e. The molecule has 0 N–H and O–H groups in total. The van der Waals surface area contributed by atoms with E-state index in [-0.39, 0.29) is 5.69 Å². The van der Waals surface area contributed by atoms with E-state index in [9.17, 15) is 10.1 Å². The van der Waals surface area contributed by atoms with E-state index in [0.717, 1.165) is 12.0 Å². The van der Waals surface area contributed by atoms with Crippen molar-refractivity contribution in [3.63, 3.8) is 0 Å². The Morgan fingerprint density at radius 2 is 1.86 bits per heavy atom. The molecule has 0 atom stereocenters. The second-order valence-corrected chi connectivity index (χ2v) is 5.46. The summed E-state index contributed by atoms with van der Waals surface area (Å²) in [5.74, 6) is 1.76. The number of allylic oxidation sites excluding steroid dienone is 1. The molecular weight excluding hydrogens is 278 g/mol. The van der Waals surface area contributed by atoms with Crippen molar-refractivity contribution in [2.45, 2.75) is 20.3 Å². The number of hydrogen-bond acceptors (Lipinski definition) is 3. The Labute approximate surface area is 130 Å². The molecule has 0 saturated carbocycles. The number of nitro benzene ring substituents is 1. The maximum atomic E-state index is 10.7. The van der Waals surface area contributed by atoms with Crippen molar-refractivity contribution in [3.05, 3.63) is 70.3 Å². The van der Waals surface area contributed by atoms with Crippen LogP contribution in [-0.4, -0.2) is 4.92 Å². The summed E-state index contributed by atoms with van der Waals surface area (Å²) in [5.41, 5.74) is 1.12. The van der Waals surface area contributed by atoms with Crippen molar-refractivity contribution in [1.82, 2.24) is 0 Å². The fraction of sp³-hybridized carbons (Fsp3) is 0.222. The molecule has 0 radical (unpaired) electrons. The predicted molar refractivity (Wildman–Crippen MR) is 88.1 cm³/mol. The minimum absolute atomic E-state index is 0.0192. The molecule has 0 aromatic heterocycles. The summed E-state index contributed by atoms with van der Waals surface area (Å²) >= 11 is 0. The average molecular weight is 297 g/mol. The summed E-state index contributed by atoms with van der Waals surface area (Å²) in [6.45, 7) is 4.36. The van der Waals surface area contributed by atoms with E-state index in [1.54, 1.807) is 12.1 Å². The molecule has 114 valence electrons. The summed E-state index contributed by atoms with van der Waals surface area (Å²) in [7, 11) is 0. The van der Waals surface area contributed by atoms with Gasteiger partial charge in [-0.05, 0) is 36.1 Å². The Kier molecular flexibility index (Phi) is 5.31. The van der Waals surface area contributed by atoms with E-state index in [2.05, 4.69) is 26.0 Å². The highest BCUT2D eigenvalue weighted by atomic mass is 16.6. The van der Waals surface area contributed by atoms with Gasteiger partial charge in [0.15, 0.2) is 0 Å². The Morgan fingerprint density at radius 3 is 2.50 bits per heavy atom. The van der Waals surface area contributed by atoms with Crippen LogP contribution in [0, 0.1) is 16.0 Å². The first-order valence-electron chi connectivity index (χ1n) is 7.23. The summed E-state index contributed by atoms with van der Waals surface area (Å²) in [5, 5.41) is 10.7. The van der Waals surface area contributed by atoms with Gasteiger partial charge in [0.05, 0.1) is 11.0 Å². The smallest absolute Gasteiger partial charge is 0.273 e. The van der Waals surface area contributed by atoms with Gasteiger partial charge in [0.2, 0.25) is 0 Å². The molecule has 0 spiro atoms. The summed E-state index contributed by atoms with van der Waals surface area (Å²) in [4.78, 5) is 10.3. The van der Waals surface area contributed by atoms with Gasteiger partial charge < -0.3 is 4.74 Å². The van der Waals surface area contributed by atoms with Crippen molar-refractivity contribution in [2.24, 2.45) is 5.92 Å². The summed E-state index contributed by atoms with van der Waals surface area (Å²) in [6.07, 6.45) is 5.28. The normalized spacial score (nSPS) is 11.0. The van der Waals surface area contributed by atoms with E-state index >= 15 is 0 Å². The van der Waals surface area contributed by atoms with E-state index < -0.39 is 4.92 Å². The zero-order chi connectivity index (χ0) is 15.9. The molecule has 0 amide bonds. The molecule has 4 heteroatoms. The van der Waals surface area contributed by atoms with Crippen LogP contribution in [0.2, 0.25) is 0 Å². The lowest BCUT2D eigenvalue weighted by atomic mass is 10.1. The predicted octanol–water partition coefficient (Wildman–Crippen LogP) is 5.45. The molecule has 4 nitrogen and oxygen atoms in total. The SMILES string of the molecule is CC(C)C/C=C/c1ccc(Oc2cccc([N+](=O)[O-])c2)cc1. The van der Waals surface area contributed by atoms with Crippen LogP contribution in [-0.2, 0) is 0 Å². The lowest BCUT2D eigenvalue weighted by Gasteiger charge is -2.05. The third-order valence-electron chi connectivity index (χ3n) is 3.06. The molecule has 0 aliphatic rings. The fourth-order valence-electron chi connectivity index (χ4n) is 1.92. The van der Waals surface area contributed by atoms with Gasteiger partial charge in [0.1, 0.15) is 11.5 Å². The number of non-ortho nitro benzene ring substituents is 1. The highest BCUT2D eigenvalue weighted by Gasteiger charge is 2.06. The van der Waals surface area contributed by atoms with Crippen LogP contribution < -0.4 is 4.74 Å². The van der Waals surface area contributed by atoms with E-state index in [1.165, 1.54) is 12.1 Å². The molecule has 0 heterocycles. The Bertz CT molecular complexity index is 660. The molecule has 2 aromatic carbocycles. The lowest BCUT2D eigenvalue weighted by Crippen LogP contribution is -1.89. The van der Waals surface area contributed by atoms with Gasteiger partial charge in [-0.2, -0.15) is 0 Å². The van der Waals surface area contributed by atoms with Crippen molar-refractivity contribution in [3.8, 4) is 11.5 Å². The first-order valence-corrected chi connectivity index (χ1v) is 7.23. The minimum atomic E-state index is -0.435. The van der Waals surface area contributed by atoms with Gasteiger partial charge in [-0.25, -0.2) is 0 Å². The van der Waals surface area contributed by atoms with Crippen molar-refractivity contribution >= 4 is 11.8 Å². The van der Waals surface area contributed by atoms with Crippen molar-refractivity contribution in [2.75, 3.05) is 0 Å². The molecule has 22 heavy (non-hydrogen) atoms. The van der Waals surface area contributed by atoms with Crippen LogP contribution >= 0.6 is 0 Å². The molecule has 2 rings (SSSR count). The molecule has 0 aliphatic heterocycles. The maximum absolute atomic E-state index is 10.7. The fourth-order valence-corrected chi connectivity index (χ4v) is 1.92. The van der Waals surface area contributed by atoms with Crippen LogP contribution in [0.3, 0.4) is 0 Å². The standard InChI is InChI=1S/C18H19NO3/c1-14(2)5-3-6-15-9-11-17(12-10-15)22-18-8-4-7-16(13-18)19(20)21/h3-4,6-14H,5H2,1-2H3/b6-3+. The van der Waals surface area contributed by atoms with Gasteiger partial charge in [-0.1, -0.05) is 44.2 Å². The molecular formula is C18H19NO3. The van der Waals surface area contributed by atoms with Gasteiger partial charge in [-0.3, -0.25) is 10.1 Å². The third kappa shape index (κ3) is 4.74. The van der Waals surface area contributed by atoms with Crippen LogP contribution in [0.15, 0.2) is 54.6 Å². The van der Waals surface area contributed by atoms with Crippen LogP contribution in [0.1, 0.15) is 25.8 Å². The first kappa shape index (κ1) is 15.8. The quantitative estimate of drug-likeness (QED) is 0.526. The average Bonchev–Trinajstić information content (AvgIpc) is 2.49. The zero-order valence-electron chi connectivity index (χ0n) is 12.7. The zero-order valence-corrected chi connectivity index (χ0v) is 12.7. The molecule has 0 fully saturated rings. The molecule has 0 aliphatic carbocycles. The van der Waals surface area contributed by atoms with E-state index in [4.69, 9.17) is 4.74 Å². The molecule has 0 bridgehead atoms. The first-order chi connectivity index (χ1) is 10.5. The lowest BCUT2D eigenvalue weighted by molar-refractivity contribution is -0.384. The number of nitro groups is 1. The third-order valence-corrected chi connectivity index (χ3v) is 3.06. The van der Waals surface area contributed by atoms with Gasteiger partial charge in [0, 0.05) is 6.07 Å². The van der Waals surface area contributed by atoms with Gasteiger partial charge in [0.25, 0.3) is 5.69 Å². The summed E-state index contributed by atoms with van der Waals surface area (Å²) in [6, 6.07) is 13.8. The van der Waals surface area contributed by atoms with E-state index in [0.29, 0.717) is 17.4 Å². The number of hydrogen-bond donors (Lipinski definition) is 0. The minimum Gasteiger partial charge on any atom is -0.457 e. The topological polar surface area (TPSA) is 52.4 Å². The van der Waals surface area contributed by atoms with Crippen molar-refractivity contribution in [1.29, 1.82) is 0 Å². The van der Waals surface area contributed by atoms with Gasteiger partial charge in [-0.15, -0.1) is 0 Å². The van der Waals surface area contributed by atoms with Gasteiger partial charge >= 0.3 is 0 Å². The van der Waals surface area contributed by atoms with E-state index in [1.807, 2.05) is 24.3 Å². The molecule has 0 saturated heterocycles. The maximum Gasteiger partial charge on any atom is 0.273 e. The Balaban J connectivity index is 2.03. The highest BCUT2D eigenvalue weighted by molar-refractivity contribution is 5.51. The summed E-state index contributed by atoms with van der Waals surface area (Å²) < 4.78 is 5.64. The Morgan fingerprint density at radius 1 is 1.14 bits per heavy atom. The Hall–Kier alpha value is -2.62.